The molecule has 2 aromatic carbocycles. The Labute approximate surface area is 153 Å². The van der Waals surface area contributed by atoms with Crippen LogP contribution in [0.1, 0.15) is 29.5 Å². The van der Waals surface area contributed by atoms with Gasteiger partial charge in [-0.25, -0.2) is 0 Å². The number of nitrogens with one attached hydrogen (secondary N) is 1. The van der Waals surface area contributed by atoms with Gasteiger partial charge in [0.05, 0.1) is 15.9 Å². The number of rotatable bonds is 3. The van der Waals surface area contributed by atoms with Crippen molar-refractivity contribution < 1.29 is 9.85 Å². The molecule has 8 heteroatoms. The molecule has 0 aromatic heterocycles. The number of hydrogen-bond acceptors (Lipinski definition) is 5. The fourth-order valence-electron chi connectivity index (χ4n) is 3.95. The number of nitro groups is 2. The highest BCUT2D eigenvalue weighted by Gasteiger charge is 2.41. The van der Waals surface area contributed by atoms with E-state index in [9.17, 15) is 20.2 Å². The van der Waals surface area contributed by atoms with E-state index >= 15 is 0 Å². The Morgan fingerprint density at radius 1 is 1.12 bits per heavy atom. The van der Waals surface area contributed by atoms with Crippen LogP contribution < -0.4 is 5.32 Å². The second-order valence-corrected chi connectivity index (χ2v) is 6.91. The van der Waals surface area contributed by atoms with Crippen molar-refractivity contribution in [3.05, 3.63) is 84.9 Å². The molecule has 0 spiro atoms. The van der Waals surface area contributed by atoms with Gasteiger partial charge in [0.25, 0.3) is 11.4 Å². The summed E-state index contributed by atoms with van der Waals surface area (Å²) in [5.74, 6) is 0.0930. The van der Waals surface area contributed by atoms with E-state index in [4.69, 9.17) is 11.6 Å². The van der Waals surface area contributed by atoms with Gasteiger partial charge in [0.1, 0.15) is 5.69 Å². The van der Waals surface area contributed by atoms with Crippen LogP contribution in [0.3, 0.4) is 0 Å². The highest BCUT2D eigenvalue weighted by Crippen LogP contribution is 2.53. The molecular weight excluding hydrogens is 358 g/mol. The molecule has 4 rings (SSSR count). The minimum absolute atomic E-state index is 0.00297. The van der Waals surface area contributed by atoms with Crippen molar-refractivity contribution in [3.8, 4) is 0 Å². The lowest BCUT2D eigenvalue weighted by atomic mass is 9.76. The largest absolute Gasteiger partial charge is 0.372 e. The zero-order valence-electron chi connectivity index (χ0n) is 13.5. The number of non-ortho nitro benzene ring substituents is 1. The van der Waals surface area contributed by atoms with E-state index in [1.165, 1.54) is 18.2 Å². The summed E-state index contributed by atoms with van der Waals surface area (Å²) in [6.07, 6.45) is 4.86. The van der Waals surface area contributed by atoms with Crippen LogP contribution in [0.15, 0.2) is 48.6 Å². The second-order valence-electron chi connectivity index (χ2n) is 6.47. The van der Waals surface area contributed by atoms with Gasteiger partial charge in [-0.3, -0.25) is 20.2 Å². The van der Waals surface area contributed by atoms with Gasteiger partial charge in [-0.05, 0) is 29.5 Å². The van der Waals surface area contributed by atoms with Gasteiger partial charge >= 0.3 is 0 Å². The summed E-state index contributed by atoms with van der Waals surface area (Å²) in [7, 11) is 0. The summed E-state index contributed by atoms with van der Waals surface area (Å²) in [4.78, 5) is 21.7. The highest BCUT2D eigenvalue weighted by atomic mass is 35.5. The van der Waals surface area contributed by atoms with Gasteiger partial charge in [0, 0.05) is 29.1 Å². The van der Waals surface area contributed by atoms with Crippen LogP contribution in [0, 0.1) is 26.1 Å². The molecule has 1 N–H and O–H groups in total. The maximum atomic E-state index is 11.5. The first-order valence-corrected chi connectivity index (χ1v) is 8.49. The smallest absolute Gasteiger partial charge is 0.294 e. The Morgan fingerprint density at radius 3 is 2.65 bits per heavy atom. The number of fused-ring (bicyclic) bond motifs is 3. The predicted molar refractivity (Wildman–Crippen MR) is 97.6 cm³/mol. The van der Waals surface area contributed by atoms with Crippen molar-refractivity contribution in [3.63, 3.8) is 0 Å². The lowest BCUT2D eigenvalue weighted by Crippen LogP contribution is -2.29. The Hall–Kier alpha value is -2.93. The summed E-state index contributed by atoms with van der Waals surface area (Å²) in [6, 6.07) is 9.24. The number of nitro benzene ring substituents is 2. The monoisotopic (exact) mass is 371 g/mol. The van der Waals surface area contributed by atoms with Crippen molar-refractivity contribution >= 4 is 28.7 Å². The molecule has 1 heterocycles. The molecule has 1 aliphatic heterocycles. The van der Waals surface area contributed by atoms with Crippen molar-refractivity contribution in [1.82, 2.24) is 0 Å². The summed E-state index contributed by atoms with van der Waals surface area (Å²) in [6.45, 7) is 0. The third kappa shape index (κ3) is 2.61. The Morgan fingerprint density at radius 2 is 1.92 bits per heavy atom. The molecule has 7 nitrogen and oxygen atoms in total. The summed E-state index contributed by atoms with van der Waals surface area (Å²) < 4.78 is 0. The minimum Gasteiger partial charge on any atom is -0.372 e. The van der Waals surface area contributed by atoms with Crippen molar-refractivity contribution in [2.75, 3.05) is 5.32 Å². The summed E-state index contributed by atoms with van der Waals surface area (Å²) >= 11 is 6.09. The average molecular weight is 372 g/mol. The van der Waals surface area contributed by atoms with Gasteiger partial charge in [-0.1, -0.05) is 35.9 Å². The van der Waals surface area contributed by atoms with E-state index in [0.29, 0.717) is 10.7 Å². The van der Waals surface area contributed by atoms with E-state index in [-0.39, 0.29) is 29.3 Å². The van der Waals surface area contributed by atoms with Crippen molar-refractivity contribution in [2.45, 2.75) is 18.4 Å². The SMILES string of the molecule is O=[N+]([O-])c1cccc([C@@H]2Nc3c(cc(Cl)cc3[N+](=O)[O-])[C@@H]3C=CC[C@@H]32)c1. The lowest BCUT2D eigenvalue weighted by molar-refractivity contribution is -0.384. The Balaban J connectivity index is 1.85. The van der Waals surface area contributed by atoms with E-state index in [0.717, 1.165) is 17.5 Å². The van der Waals surface area contributed by atoms with Crippen LogP contribution in [0.4, 0.5) is 17.1 Å². The molecule has 132 valence electrons. The van der Waals surface area contributed by atoms with Crippen LogP contribution in [0.5, 0.6) is 0 Å². The average Bonchev–Trinajstić information content (AvgIpc) is 3.10. The molecule has 2 aliphatic rings. The first-order chi connectivity index (χ1) is 12.5. The number of hydrogen-bond donors (Lipinski definition) is 1. The Kier molecular flexibility index (Phi) is 3.88. The molecule has 0 unspecified atom stereocenters. The van der Waals surface area contributed by atoms with Crippen LogP contribution in [0.25, 0.3) is 0 Å². The zero-order chi connectivity index (χ0) is 18.4. The van der Waals surface area contributed by atoms with E-state index in [1.807, 2.05) is 18.2 Å². The highest BCUT2D eigenvalue weighted by molar-refractivity contribution is 6.31. The lowest BCUT2D eigenvalue weighted by Gasteiger charge is -2.37. The number of benzene rings is 2. The van der Waals surface area contributed by atoms with Crippen LogP contribution in [-0.2, 0) is 0 Å². The normalized spacial score (nSPS) is 23.0. The molecule has 2 aromatic rings. The third-order valence-electron chi connectivity index (χ3n) is 5.05. The molecular formula is C18H14ClN3O4. The first kappa shape index (κ1) is 16.5. The molecule has 1 aliphatic carbocycles. The number of allylic oxidation sites excluding steroid dienone is 2. The van der Waals surface area contributed by atoms with Crippen molar-refractivity contribution in [2.24, 2.45) is 5.92 Å². The summed E-state index contributed by atoms with van der Waals surface area (Å²) in [5.41, 5.74) is 1.89. The van der Waals surface area contributed by atoms with Gasteiger partial charge in [0.15, 0.2) is 0 Å². The molecule has 0 bridgehead atoms. The predicted octanol–water partition coefficient (Wildman–Crippen LogP) is 4.98. The van der Waals surface area contributed by atoms with Gasteiger partial charge in [-0.2, -0.15) is 0 Å². The molecule has 0 amide bonds. The van der Waals surface area contributed by atoms with Gasteiger partial charge < -0.3 is 5.32 Å². The fraction of sp³-hybridized carbons (Fsp3) is 0.222. The molecule has 0 radical (unpaired) electrons. The summed E-state index contributed by atoms with van der Waals surface area (Å²) in [5, 5.41) is 26.2. The van der Waals surface area contributed by atoms with E-state index in [1.54, 1.807) is 12.1 Å². The Bertz CT molecular complexity index is 959. The quantitative estimate of drug-likeness (QED) is 0.466. The molecule has 0 saturated carbocycles. The fourth-order valence-corrected chi connectivity index (χ4v) is 4.17. The molecule has 0 saturated heterocycles. The molecule has 26 heavy (non-hydrogen) atoms. The van der Waals surface area contributed by atoms with Gasteiger partial charge in [0.2, 0.25) is 0 Å². The molecule has 3 atom stereocenters. The first-order valence-electron chi connectivity index (χ1n) is 8.11. The van der Waals surface area contributed by atoms with Crippen LogP contribution in [-0.4, -0.2) is 9.85 Å². The van der Waals surface area contributed by atoms with Crippen LogP contribution >= 0.6 is 11.6 Å². The number of nitrogens with zero attached hydrogens (tertiary/aromatic N) is 2. The number of halogens is 1. The number of anilines is 1. The standard InChI is InChI=1S/C18H14ClN3O4/c19-11-8-15-13-5-2-6-14(13)17(20-18(15)16(9-11)22(25)26)10-3-1-4-12(7-10)21(23)24/h1-5,7-9,13-14,17,20H,6H2/t13-,14+,17+/m1/s1. The third-order valence-corrected chi connectivity index (χ3v) is 5.27. The van der Waals surface area contributed by atoms with E-state index in [2.05, 4.69) is 5.32 Å². The van der Waals surface area contributed by atoms with Crippen LogP contribution in [0.2, 0.25) is 5.02 Å². The minimum atomic E-state index is -0.457. The van der Waals surface area contributed by atoms with Gasteiger partial charge in [-0.15, -0.1) is 0 Å². The topological polar surface area (TPSA) is 98.3 Å². The molecule has 0 fully saturated rings. The van der Waals surface area contributed by atoms with E-state index < -0.39 is 9.85 Å². The maximum Gasteiger partial charge on any atom is 0.294 e. The second kappa shape index (κ2) is 6.10. The maximum absolute atomic E-state index is 11.5. The van der Waals surface area contributed by atoms with Crippen molar-refractivity contribution in [1.29, 1.82) is 0 Å². The zero-order valence-corrected chi connectivity index (χ0v) is 14.2.